The summed E-state index contributed by atoms with van der Waals surface area (Å²) >= 11 is 0. The monoisotopic (exact) mass is 1380 g/mol. The van der Waals surface area contributed by atoms with Crippen molar-refractivity contribution in [3.63, 3.8) is 0 Å². The first kappa shape index (κ1) is 79.1. The van der Waals surface area contributed by atoms with Crippen molar-refractivity contribution in [1.29, 1.82) is 0 Å². The third-order valence-electron chi connectivity index (χ3n) is 16.0. The van der Waals surface area contributed by atoms with Crippen LogP contribution in [0, 0.1) is 35.5 Å². The summed E-state index contributed by atoms with van der Waals surface area (Å²) in [5.41, 5.74) is 28.8. The Morgan fingerprint density at radius 2 is 0.598 bits per heavy atom. The number of hydrogen-bond acceptors (Lipinski definition) is 18. The Kier molecular flexibility index (Phi) is 30.3. The Hall–Kier alpha value is -10.2. The minimum absolute atomic E-state index is 0.0410. The molecule has 3 atom stereocenters. The second-order valence-corrected chi connectivity index (χ2v) is 25.4. The van der Waals surface area contributed by atoms with Gasteiger partial charge in [0.05, 0.1) is 37.4 Å². The van der Waals surface area contributed by atoms with Crippen LogP contribution in [0.3, 0.4) is 0 Å². The number of carbonyl (C=O) groups is 6. The zero-order chi connectivity index (χ0) is 74.0. The molecule has 0 radical (unpaired) electrons. The second-order valence-electron chi connectivity index (χ2n) is 25.4. The Morgan fingerprint density at radius 3 is 0.843 bits per heavy atom. The largest absolute Gasteiger partial charge is 0.488 e. The van der Waals surface area contributed by atoms with Crippen molar-refractivity contribution < 1.29 is 58.9 Å². The zero-order valence-electron chi connectivity index (χ0n) is 58.0. The highest BCUT2D eigenvalue weighted by Gasteiger charge is 2.24. The van der Waals surface area contributed by atoms with Gasteiger partial charge in [-0.25, -0.2) is 0 Å². The molecule has 7 aromatic rings. The first-order valence-corrected chi connectivity index (χ1v) is 32.9. The molecule has 0 aliphatic carbocycles. The molecule has 6 amide bonds. The summed E-state index contributed by atoms with van der Waals surface area (Å²) in [6.45, 7) is 1.71. The second kappa shape index (κ2) is 39.1. The quantitative estimate of drug-likeness (QED) is 0.0172. The molecule has 18 N–H and O–H groups in total. The molecule has 0 aliphatic heterocycles. The molecule has 0 spiro atoms. The fourth-order valence-corrected chi connectivity index (χ4v) is 10.7. The molecular weight excluding hydrogens is 1290 g/mol. The van der Waals surface area contributed by atoms with Gasteiger partial charge in [-0.05, 0) is 145 Å². The van der Waals surface area contributed by atoms with Crippen LogP contribution >= 0.6 is 0 Å². The van der Waals surface area contributed by atoms with Crippen molar-refractivity contribution in [2.75, 3.05) is 42.3 Å². The summed E-state index contributed by atoms with van der Waals surface area (Å²) < 4.78 is 0. The fourth-order valence-electron chi connectivity index (χ4n) is 10.7. The van der Waals surface area contributed by atoms with Gasteiger partial charge in [0.1, 0.15) is 0 Å². The topological polar surface area (TPSA) is 384 Å². The number of carbonyl (C=O) groups excluding carboxylic acids is 6. The van der Waals surface area contributed by atoms with Crippen LogP contribution < -0.4 is 65.5 Å². The molecule has 24 nitrogen and oxygen atoms in total. The molecule has 0 aliphatic rings. The van der Waals surface area contributed by atoms with E-state index >= 15 is 0 Å². The Bertz CT molecular complexity index is 3890. The van der Waals surface area contributed by atoms with Gasteiger partial charge < -0.3 is 93.9 Å². The van der Waals surface area contributed by atoms with E-state index in [1.165, 1.54) is 0 Å². The number of amides is 6. The highest BCUT2D eigenvalue weighted by molar-refractivity contribution is 6.60. The lowest BCUT2D eigenvalue weighted by Gasteiger charge is -2.16. The van der Waals surface area contributed by atoms with Gasteiger partial charge in [0.2, 0.25) is 35.4 Å². The molecule has 0 fully saturated rings. The minimum Gasteiger partial charge on any atom is -0.423 e. The molecular formula is C75H87B3N12O12. The minimum atomic E-state index is -1.71. The van der Waals surface area contributed by atoms with Gasteiger partial charge in [0, 0.05) is 92.3 Å². The SMILES string of the molecule is CN(C)Cc1ccc(CNC(=O)[C@@H](N)CC(=O)NCc2ccccc2C#Cc2cc(C#Cc3ccccc3CNC(=O)C[C@H](N)C(=O)NCc3ccc(CN(C)C)c(B(O)O)c3)cc(C#Cc3ccccc3CNC(=O)C[C@H](N)C(=O)NCc3ccc(CN(C)C)c(B(O)O)c3)c2)cc1B(O)O. The third-order valence-corrected chi connectivity index (χ3v) is 16.0. The molecule has 7 aromatic carbocycles. The Morgan fingerprint density at radius 1 is 0.343 bits per heavy atom. The molecule has 0 saturated heterocycles. The van der Waals surface area contributed by atoms with E-state index in [4.69, 9.17) is 17.2 Å². The smallest absolute Gasteiger partial charge is 0.423 e. The predicted octanol–water partition coefficient (Wildman–Crippen LogP) is -1.94. The third kappa shape index (κ3) is 25.4. The first-order chi connectivity index (χ1) is 48.7. The van der Waals surface area contributed by atoms with Crippen LogP contribution in [0.2, 0.25) is 0 Å². The molecule has 7 rings (SSSR count). The van der Waals surface area contributed by atoms with Crippen molar-refractivity contribution in [1.82, 2.24) is 46.6 Å². The van der Waals surface area contributed by atoms with Gasteiger partial charge in [-0.2, -0.15) is 0 Å². The van der Waals surface area contributed by atoms with Crippen LogP contribution in [0.4, 0.5) is 0 Å². The number of benzene rings is 7. The highest BCUT2D eigenvalue weighted by atomic mass is 16.4. The van der Waals surface area contributed by atoms with Gasteiger partial charge in [0.15, 0.2) is 0 Å². The zero-order valence-corrected chi connectivity index (χ0v) is 58.0. The number of nitrogens with zero attached hydrogens (tertiary/aromatic N) is 3. The van der Waals surface area contributed by atoms with E-state index in [0.29, 0.717) is 103 Å². The van der Waals surface area contributed by atoms with Gasteiger partial charge >= 0.3 is 21.4 Å². The number of hydrogen-bond donors (Lipinski definition) is 15. The van der Waals surface area contributed by atoms with Crippen molar-refractivity contribution in [2.24, 2.45) is 17.2 Å². The molecule has 0 unspecified atom stereocenters. The molecule has 528 valence electrons. The first-order valence-electron chi connectivity index (χ1n) is 32.9. The summed E-state index contributed by atoms with van der Waals surface area (Å²) in [7, 11) is 6.02. The molecule has 102 heavy (non-hydrogen) atoms. The maximum atomic E-state index is 13.3. The van der Waals surface area contributed by atoms with E-state index in [0.717, 1.165) is 16.7 Å². The van der Waals surface area contributed by atoms with Crippen LogP contribution in [-0.4, -0.2) is 162 Å². The lowest BCUT2D eigenvalue weighted by molar-refractivity contribution is -0.127. The van der Waals surface area contributed by atoms with Crippen LogP contribution in [0.25, 0.3) is 0 Å². The maximum absolute atomic E-state index is 13.3. The van der Waals surface area contributed by atoms with Crippen molar-refractivity contribution >= 4 is 73.2 Å². The predicted molar refractivity (Wildman–Crippen MR) is 394 cm³/mol. The standard InChI is InChI=1S/C75H87B3N12O12/c1-88(2)46-61-28-22-52(34-64(61)76(97)98)40-85-73(94)67(79)37-70(91)82-43-58-16-10-7-13-55(58)25-19-49-31-50(20-26-56-14-8-11-17-59(56)44-83-71(92)38-68(80)74(95)86-41-53-23-29-62(47-89(3)4)65(35-53)77(99)100)33-51(32-49)21-27-57-15-9-12-18-60(57)45-84-72(93)39-69(81)75(96)87-42-54-24-30-63(48-90(5)6)66(36-54)78(101)102/h7-18,22-24,28-36,67-69,97-102H,37-48,79-81H2,1-6H3,(H,82,91)(H,83,92)(H,84,93)(H,85,94)(H,86,95)(H,87,96)/t67-,68-,69-/m0/s1. The van der Waals surface area contributed by atoms with Crippen molar-refractivity contribution in [3.05, 3.63) is 229 Å². The summed E-state index contributed by atoms with van der Waals surface area (Å²) in [6.07, 6.45) is -0.967. The number of rotatable bonds is 30. The average Bonchev–Trinajstić information content (AvgIpc) is 0.863. The summed E-state index contributed by atoms with van der Waals surface area (Å²) in [5, 5.41) is 76.6. The summed E-state index contributed by atoms with van der Waals surface area (Å²) in [6, 6.07) is 38.8. The van der Waals surface area contributed by atoms with Gasteiger partial charge in [-0.3, -0.25) is 28.8 Å². The average molecular weight is 1380 g/mol. The van der Waals surface area contributed by atoms with Crippen LogP contribution in [0.5, 0.6) is 0 Å². The van der Waals surface area contributed by atoms with Crippen LogP contribution in [0.15, 0.2) is 146 Å². The van der Waals surface area contributed by atoms with Crippen molar-refractivity contribution in [2.45, 2.75) is 96.3 Å². The summed E-state index contributed by atoms with van der Waals surface area (Å²) in [4.78, 5) is 84.7. The van der Waals surface area contributed by atoms with Crippen LogP contribution in [0.1, 0.15) is 103 Å². The van der Waals surface area contributed by atoms with Gasteiger partial charge in [0.25, 0.3) is 0 Å². The molecule has 0 saturated carbocycles. The lowest BCUT2D eigenvalue weighted by atomic mass is 9.76. The highest BCUT2D eigenvalue weighted by Crippen LogP contribution is 2.16. The fraction of sp³-hybridized carbons (Fsp3) is 0.280. The van der Waals surface area contributed by atoms with Crippen molar-refractivity contribution in [3.8, 4) is 35.5 Å². The summed E-state index contributed by atoms with van der Waals surface area (Å²) in [5.74, 6) is 16.3. The van der Waals surface area contributed by atoms with Gasteiger partial charge in [-0.1, -0.05) is 145 Å². The molecule has 27 heteroatoms. The Labute approximate surface area is 596 Å². The molecule has 0 heterocycles. The van der Waals surface area contributed by atoms with Crippen LogP contribution in [-0.2, 0) is 87.7 Å². The van der Waals surface area contributed by atoms with E-state index in [2.05, 4.69) is 67.4 Å². The van der Waals surface area contributed by atoms with E-state index < -0.39 is 74.9 Å². The molecule has 0 bridgehead atoms. The van der Waals surface area contributed by atoms with E-state index in [9.17, 15) is 58.9 Å². The van der Waals surface area contributed by atoms with Gasteiger partial charge in [-0.15, -0.1) is 0 Å². The molecule has 0 aromatic heterocycles. The van der Waals surface area contributed by atoms with E-state index in [1.54, 1.807) is 127 Å². The maximum Gasteiger partial charge on any atom is 0.488 e. The normalized spacial score (nSPS) is 11.7. The Balaban J connectivity index is 1.05. The number of nitrogens with one attached hydrogen (secondary N) is 6. The number of nitrogens with two attached hydrogens (primary N) is 3. The van der Waals surface area contributed by atoms with E-state index in [-0.39, 0.29) is 58.5 Å². The lowest BCUT2D eigenvalue weighted by Crippen LogP contribution is -2.43. The van der Waals surface area contributed by atoms with E-state index in [1.807, 2.05) is 75.2 Å².